The Morgan fingerprint density at radius 3 is 2.47 bits per heavy atom. The van der Waals surface area contributed by atoms with E-state index in [-0.39, 0.29) is 18.4 Å². The van der Waals surface area contributed by atoms with E-state index in [1.165, 1.54) is 23.1 Å². The molecule has 2 aromatic rings. The third kappa shape index (κ3) is 3.56. The van der Waals surface area contributed by atoms with Crippen LogP contribution in [0.1, 0.15) is 31.4 Å². The van der Waals surface area contributed by atoms with Crippen LogP contribution in [0.2, 0.25) is 0 Å². The lowest BCUT2D eigenvalue weighted by Gasteiger charge is -2.30. The molecular formula is C27H30FN3O5. The first kappa shape index (κ1) is 24.2. The van der Waals surface area contributed by atoms with Gasteiger partial charge in [-0.1, -0.05) is 19.9 Å². The second-order valence-corrected chi connectivity index (χ2v) is 10.1. The molecule has 0 radical (unpaired) electrons. The van der Waals surface area contributed by atoms with Gasteiger partial charge in [0.2, 0.25) is 17.7 Å². The lowest BCUT2D eigenvalue weighted by atomic mass is 9.76. The Hall–Kier alpha value is -3.46. The fourth-order valence-corrected chi connectivity index (χ4v) is 6.04. The first-order valence-electron chi connectivity index (χ1n) is 12.2. The Morgan fingerprint density at radius 1 is 1.03 bits per heavy atom. The molecule has 36 heavy (non-hydrogen) atoms. The second kappa shape index (κ2) is 8.89. The number of carbonyl (C=O) groups excluding carboxylic acids is 3. The molecule has 0 aliphatic carbocycles. The van der Waals surface area contributed by atoms with Gasteiger partial charge in [-0.25, -0.2) is 4.39 Å². The highest BCUT2D eigenvalue weighted by molar-refractivity contribution is 6.15. The van der Waals surface area contributed by atoms with Crippen molar-refractivity contribution in [2.75, 3.05) is 26.1 Å². The number of amides is 3. The van der Waals surface area contributed by atoms with Gasteiger partial charge >= 0.3 is 0 Å². The number of methoxy groups -OCH3 is 2. The first-order valence-corrected chi connectivity index (χ1v) is 12.2. The minimum atomic E-state index is -1.48. The maximum absolute atomic E-state index is 14.3. The molecule has 9 heteroatoms. The summed E-state index contributed by atoms with van der Waals surface area (Å²) in [5.41, 5.74) is 0.244. The third-order valence-corrected chi connectivity index (χ3v) is 7.57. The zero-order valence-electron chi connectivity index (χ0n) is 20.8. The molecule has 3 heterocycles. The largest absolute Gasteiger partial charge is 0.493 e. The number of carbonyl (C=O) groups is 3. The van der Waals surface area contributed by atoms with E-state index >= 15 is 0 Å². The van der Waals surface area contributed by atoms with Crippen molar-refractivity contribution in [3.05, 3.63) is 53.3 Å². The van der Waals surface area contributed by atoms with Gasteiger partial charge < -0.3 is 14.8 Å². The van der Waals surface area contributed by atoms with Gasteiger partial charge in [-0.05, 0) is 54.7 Å². The molecule has 2 N–H and O–H groups in total. The predicted octanol–water partition coefficient (Wildman–Crippen LogP) is 2.85. The molecule has 5 rings (SSSR count). The normalized spacial score (nSPS) is 26.6. The molecule has 8 nitrogen and oxygen atoms in total. The highest BCUT2D eigenvalue weighted by Crippen LogP contribution is 2.53. The van der Waals surface area contributed by atoms with E-state index in [0.717, 1.165) is 5.56 Å². The molecule has 190 valence electrons. The minimum Gasteiger partial charge on any atom is -0.493 e. The van der Waals surface area contributed by atoms with Gasteiger partial charge in [0.1, 0.15) is 11.4 Å². The average Bonchev–Trinajstić information content (AvgIpc) is 3.41. The van der Waals surface area contributed by atoms with E-state index in [2.05, 4.69) is 10.6 Å². The summed E-state index contributed by atoms with van der Waals surface area (Å²) in [5, 5.41) is 6.14. The Labute approximate surface area is 209 Å². The number of likely N-dealkylation sites (tertiary alicyclic amines) is 1. The zero-order valence-corrected chi connectivity index (χ0v) is 20.8. The summed E-state index contributed by atoms with van der Waals surface area (Å²) < 4.78 is 25.0. The Kier molecular flexibility index (Phi) is 5.98. The fourth-order valence-electron chi connectivity index (χ4n) is 6.04. The van der Waals surface area contributed by atoms with Crippen LogP contribution in [-0.4, -0.2) is 49.4 Å². The van der Waals surface area contributed by atoms with Crippen molar-refractivity contribution >= 4 is 23.4 Å². The molecule has 0 saturated carbocycles. The number of nitrogens with zero attached hydrogens (tertiary/aromatic N) is 1. The number of benzene rings is 2. The summed E-state index contributed by atoms with van der Waals surface area (Å²) in [4.78, 5) is 42.2. The SMILES string of the molecule is COc1ccc(CCN2C(=O)[C@@H]3[C@H](CC(C)C)N[C@@]4(C(=O)Nc5ccc(F)cc54)[C@@H]3C2=O)cc1OC. The van der Waals surface area contributed by atoms with Gasteiger partial charge in [0, 0.05) is 23.8 Å². The summed E-state index contributed by atoms with van der Waals surface area (Å²) in [7, 11) is 3.10. The van der Waals surface area contributed by atoms with Crippen molar-refractivity contribution in [3.8, 4) is 11.5 Å². The number of fused-ring (bicyclic) bond motifs is 4. The van der Waals surface area contributed by atoms with Crippen molar-refractivity contribution in [3.63, 3.8) is 0 Å². The summed E-state index contributed by atoms with van der Waals surface area (Å²) in [6.07, 6.45) is 1.02. The molecule has 3 amide bonds. The molecule has 2 aromatic carbocycles. The molecule has 0 aromatic heterocycles. The van der Waals surface area contributed by atoms with Gasteiger partial charge in [0.25, 0.3) is 0 Å². The fraction of sp³-hybridized carbons (Fsp3) is 0.444. The number of rotatable bonds is 7. The quantitative estimate of drug-likeness (QED) is 0.574. The third-order valence-electron chi connectivity index (χ3n) is 7.57. The summed E-state index contributed by atoms with van der Waals surface area (Å²) in [6, 6.07) is 9.13. The Balaban J connectivity index is 1.49. The topological polar surface area (TPSA) is 97.0 Å². The van der Waals surface area contributed by atoms with Crippen molar-refractivity contribution in [2.24, 2.45) is 17.8 Å². The van der Waals surface area contributed by atoms with Gasteiger partial charge in [-0.2, -0.15) is 0 Å². The molecule has 2 saturated heterocycles. The smallest absolute Gasteiger partial charge is 0.250 e. The van der Waals surface area contributed by atoms with Crippen LogP contribution in [0.4, 0.5) is 10.1 Å². The van der Waals surface area contributed by atoms with E-state index in [1.807, 2.05) is 26.0 Å². The van der Waals surface area contributed by atoms with E-state index in [0.29, 0.717) is 35.6 Å². The van der Waals surface area contributed by atoms with E-state index < -0.39 is 41.0 Å². The van der Waals surface area contributed by atoms with Crippen molar-refractivity contribution < 1.29 is 28.2 Å². The van der Waals surface area contributed by atoms with Crippen molar-refractivity contribution in [1.82, 2.24) is 10.2 Å². The van der Waals surface area contributed by atoms with E-state index in [4.69, 9.17) is 9.47 Å². The molecular weight excluding hydrogens is 465 g/mol. The van der Waals surface area contributed by atoms with Gasteiger partial charge in [0.05, 0.1) is 26.1 Å². The highest BCUT2D eigenvalue weighted by Gasteiger charge is 2.70. The molecule has 0 unspecified atom stereocenters. The summed E-state index contributed by atoms with van der Waals surface area (Å²) in [6.45, 7) is 4.22. The van der Waals surface area contributed by atoms with Crippen LogP contribution in [0.3, 0.4) is 0 Å². The molecule has 3 aliphatic rings. The van der Waals surface area contributed by atoms with E-state index in [9.17, 15) is 18.8 Å². The van der Waals surface area contributed by atoms with Crippen molar-refractivity contribution in [2.45, 2.75) is 38.3 Å². The minimum absolute atomic E-state index is 0.169. The number of anilines is 1. The number of ether oxygens (including phenoxy) is 2. The highest BCUT2D eigenvalue weighted by atomic mass is 19.1. The van der Waals surface area contributed by atoms with Crippen LogP contribution in [0.25, 0.3) is 0 Å². The molecule has 0 bridgehead atoms. The molecule has 1 spiro atoms. The molecule has 3 aliphatic heterocycles. The number of halogens is 1. The van der Waals surface area contributed by atoms with Gasteiger partial charge in [0.15, 0.2) is 11.5 Å². The predicted molar refractivity (Wildman–Crippen MR) is 130 cm³/mol. The average molecular weight is 496 g/mol. The van der Waals surface area contributed by atoms with Crippen LogP contribution in [0, 0.1) is 23.6 Å². The summed E-state index contributed by atoms with van der Waals surface area (Å²) in [5.74, 6) is -1.90. The van der Waals surface area contributed by atoms with Crippen LogP contribution >= 0.6 is 0 Å². The Bertz CT molecular complexity index is 1250. The first-order chi connectivity index (χ1) is 17.2. The lowest BCUT2D eigenvalue weighted by molar-refractivity contribution is -0.142. The molecule has 4 atom stereocenters. The van der Waals surface area contributed by atoms with Crippen molar-refractivity contribution in [1.29, 1.82) is 0 Å². The van der Waals surface area contributed by atoms with Crippen LogP contribution in [0.15, 0.2) is 36.4 Å². The molecule has 2 fully saturated rings. The maximum Gasteiger partial charge on any atom is 0.250 e. The maximum atomic E-state index is 14.3. The van der Waals surface area contributed by atoms with Crippen LogP contribution < -0.4 is 20.1 Å². The van der Waals surface area contributed by atoms with Gasteiger partial charge in [-0.3, -0.25) is 24.6 Å². The zero-order chi connectivity index (χ0) is 25.8. The lowest BCUT2D eigenvalue weighted by Crippen LogP contribution is -2.53. The summed E-state index contributed by atoms with van der Waals surface area (Å²) >= 11 is 0. The number of hydrogen-bond donors (Lipinski definition) is 2. The van der Waals surface area contributed by atoms with Gasteiger partial charge in [-0.15, -0.1) is 0 Å². The number of imide groups is 1. The second-order valence-electron chi connectivity index (χ2n) is 10.1. The standard InChI is InChI=1S/C27H30FN3O5/c1-14(2)11-19-22-23(27(30-19)17-13-16(28)6-7-18(17)29-26(27)34)25(33)31(24(22)32)10-9-15-5-8-20(35-3)21(12-15)36-4/h5-8,12-14,19,22-23,30H,9-11H2,1-4H3,(H,29,34)/t19-,22+,23-,27+/m0/s1. The number of hydrogen-bond acceptors (Lipinski definition) is 6. The van der Waals surface area contributed by atoms with E-state index in [1.54, 1.807) is 20.3 Å². The Morgan fingerprint density at radius 2 is 1.78 bits per heavy atom. The number of nitrogens with one attached hydrogen (secondary N) is 2. The monoisotopic (exact) mass is 495 g/mol. The van der Waals surface area contributed by atoms with Crippen LogP contribution in [-0.2, 0) is 26.3 Å². The van der Waals surface area contributed by atoms with Crippen LogP contribution in [0.5, 0.6) is 11.5 Å².